The van der Waals surface area contributed by atoms with Crippen LogP contribution in [0.5, 0.6) is 11.5 Å². The number of aliphatic hydroxyl groups is 1. The van der Waals surface area contributed by atoms with E-state index in [1.165, 1.54) is 5.56 Å². The van der Waals surface area contributed by atoms with Gasteiger partial charge >= 0.3 is 0 Å². The molecule has 110 valence electrons. The van der Waals surface area contributed by atoms with Crippen molar-refractivity contribution in [1.29, 1.82) is 0 Å². The van der Waals surface area contributed by atoms with E-state index in [1.54, 1.807) is 0 Å². The number of benzene rings is 1. The average Bonchev–Trinajstić information content (AvgIpc) is 3.10. The van der Waals surface area contributed by atoms with Crippen LogP contribution in [-0.2, 0) is 11.2 Å². The third-order valence-electron chi connectivity index (χ3n) is 5.62. The smallest absolute Gasteiger partial charge is 0.231 e. The van der Waals surface area contributed by atoms with E-state index in [2.05, 4.69) is 18.2 Å². The molecule has 0 bridgehead atoms. The molecule has 1 N–H and O–H groups in total. The van der Waals surface area contributed by atoms with Gasteiger partial charge in [0.05, 0.1) is 18.8 Å². The largest absolute Gasteiger partial charge is 0.454 e. The van der Waals surface area contributed by atoms with Crippen molar-refractivity contribution in [2.24, 2.45) is 23.7 Å². The number of ether oxygens (including phenoxy) is 3. The molecule has 2 heterocycles. The molecule has 4 heteroatoms. The number of fused-ring (bicyclic) bond motifs is 1. The molecule has 1 saturated heterocycles. The molecule has 4 aliphatic rings. The Hall–Kier alpha value is -1.52. The van der Waals surface area contributed by atoms with Gasteiger partial charge in [-0.05, 0) is 47.8 Å². The Labute approximate surface area is 123 Å². The first kappa shape index (κ1) is 12.1. The van der Waals surface area contributed by atoms with E-state index < -0.39 is 6.10 Å². The van der Waals surface area contributed by atoms with Crippen LogP contribution in [0.4, 0.5) is 0 Å². The summed E-state index contributed by atoms with van der Waals surface area (Å²) in [6.07, 6.45) is 4.77. The fourth-order valence-corrected chi connectivity index (χ4v) is 4.60. The number of allylic oxidation sites excluding steroid dienone is 1. The Balaban J connectivity index is 1.39. The summed E-state index contributed by atoms with van der Waals surface area (Å²) in [5.41, 5.74) is 1.30. The predicted molar refractivity (Wildman–Crippen MR) is 75.1 cm³/mol. The minimum absolute atomic E-state index is 0.0259. The lowest BCUT2D eigenvalue weighted by Crippen LogP contribution is -2.53. The predicted octanol–water partition coefficient (Wildman–Crippen LogP) is 1.77. The highest BCUT2D eigenvalue weighted by Crippen LogP contribution is 2.57. The summed E-state index contributed by atoms with van der Waals surface area (Å²) in [4.78, 5) is 0. The minimum atomic E-state index is -0.414. The van der Waals surface area contributed by atoms with Gasteiger partial charge in [0.1, 0.15) is 0 Å². The van der Waals surface area contributed by atoms with Crippen LogP contribution in [0.1, 0.15) is 5.56 Å². The van der Waals surface area contributed by atoms with Crippen LogP contribution in [0.25, 0.3) is 0 Å². The first-order chi connectivity index (χ1) is 10.3. The highest BCUT2D eigenvalue weighted by atomic mass is 16.7. The van der Waals surface area contributed by atoms with Gasteiger partial charge in [0.25, 0.3) is 0 Å². The summed E-state index contributed by atoms with van der Waals surface area (Å²) >= 11 is 0. The molecule has 0 amide bonds. The van der Waals surface area contributed by atoms with Crippen LogP contribution >= 0.6 is 0 Å². The van der Waals surface area contributed by atoms with Crippen LogP contribution in [-0.4, -0.2) is 30.7 Å². The van der Waals surface area contributed by atoms with Gasteiger partial charge in [-0.1, -0.05) is 18.2 Å². The maximum Gasteiger partial charge on any atom is 0.231 e. The van der Waals surface area contributed by atoms with Crippen LogP contribution < -0.4 is 9.47 Å². The van der Waals surface area contributed by atoms with Crippen molar-refractivity contribution in [1.82, 2.24) is 0 Å². The first-order valence-electron chi connectivity index (χ1n) is 7.68. The lowest BCUT2D eigenvalue weighted by atomic mass is 9.53. The summed E-state index contributed by atoms with van der Waals surface area (Å²) in [6.45, 7) is 1.12. The molecule has 6 atom stereocenters. The summed E-state index contributed by atoms with van der Waals surface area (Å²) in [5, 5.41) is 9.96. The van der Waals surface area contributed by atoms with Crippen LogP contribution in [0.2, 0.25) is 0 Å². The van der Waals surface area contributed by atoms with Gasteiger partial charge in [-0.25, -0.2) is 0 Å². The molecule has 0 unspecified atom stereocenters. The van der Waals surface area contributed by atoms with E-state index >= 15 is 0 Å². The fraction of sp³-hybridized carbons (Fsp3) is 0.529. The normalized spacial score (nSPS) is 41.8. The highest BCUT2D eigenvalue weighted by Gasteiger charge is 2.59. The van der Waals surface area contributed by atoms with Gasteiger partial charge in [-0.3, -0.25) is 0 Å². The molecule has 2 aliphatic heterocycles. The molecule has 2 aliphatic carbocycles. The van der Waals surface area contributed by atoms with Crippen molar-refractivity contribution in [3.8, 4) is 11.5 Å². The topological polar surface area (TPSA) is 47.9 Å². The van der Waals surface area contributed by atoms with Crippen LogP contribution in [0.3, 0.4) is 0 Å². The Morgan fingerprint density at radius 3 is 3.00 bits per heavy atom. The zero-order chi connectivity index (χ0) is 14.0. The second kappa shape index (κ2) is 4.24. The number of hydrogen-bond acceptors (Lipinski definition) is 4. The molecule has 0 aromatic heterocycles. The molecule has 0 spiro atoms. The van der Waals surface area contributed by atoms with E-state index in [0.717, 1.165) is 24.5 Å². The molecule has 21 heavy (non-hydrogen) atoms. The lowest BCUT2D eigenvalue weighted by molar-refractivity contribution is -0.0399. The van der Waals surface area contributed by atoms with E-state index in [1.807, 2.05) is 12.1 Å². The Kier molecular flexibility index (Phi) is 2.44. The van der Waals surface area contributed by atoms with Gasteiger partial charge in [0.15, 0.2) is 11.5 Å². The Morgan fingerprint density at radius 2 is 2.05 bits per heavy atom. The second-order valence-corrected chi connectivity index (χ2v) is 6.55. The summed E-state index contributed by atoms with van der Waals surface area (Å²) in [7, 11) is 0. The maximum absolute atomic E-state index is 9.96. The molecule has 1 aromatic rings. The molecule has 4 nitrogen and oxygen atoms in total. The van der Waals surface area contributed by atoms with Crippen molar-refractivity contribution < 1.29 is 19.3 Å². The fourth-order valence-electron chi connectivity index (χ4n) is 4.60. The van der Waals surface area contributed by atoms with Crippen molar-refractivity contribution >= 4 is 0 Å². The summed E-state index contributed by atoms with van der Waals surface area (Å²) in [6, 6.07) is 6.24. The van der Waals surface area contributed by atoms with Gasteiger partial charge in [0, 0.05) is 0 Å². The zero-order valence-electron chi connectivity index (χ0n) is 11.6. The first-order valence-corrected chi connectivity index (χ1v) is 7.68. The monoisotopic (exact) mass is 286 g/mol. The summed E-state index contributed by atoms with van der Waals surface area (Å²) in [5.74, 6) is 3.98. The van der Waals surface area contributed by atoms with E-state index in [-0.39, 0.29) is 6.10 Å². The zero-order valence-corrected chi connectivity index (χ0v) is 11.6. The average molecular weight is 286 g/mol. The number of hydrogen-bond donors (Lipinski definition) is 1. The second-order valence-electron chi connectivity index (χ2n) is 6.55. The SMILES string of the molecule is O[C@H]1C=C[C@@H]2[C@@H](Cc3ccc4c(c3)OCO4)[C@@H]3CO[C@H]1[C@H]23. The maximum atomic E-state index is 9.96. The highest BCUT2D eigenvalue weighted by molar-refractivity contribution is 5.44. The van der Waals surface area contributed by atoms with Crippen LogP contribution in [0.15, 0.2) is 30.4 Å². The summed E-state index contributed by atoms with van der Waals surface area (Å²) < 4.78 is 16.6. The molecular weight excluding hydrogens is 268 g/mol. The lowest BCUT2D eigenvalue weighted by Gasteiger charge is -2.50. The van der Waals surface area contributed by atoms with Crippen molar-refractivity contribution in [2.75, 3.05) is 13.4 Å². The number of aliphatic hydroxyl groups excluding tert-OH is 1. The van der Waals surface area contributed by atoms with Gasteiger partial charge in [-0.15, -0.1) is 0 Å². The molecule has 0 radical (unpaired) electrons. The number of rotatable bonds is 2. The molecule has 5 rings (SSSR count). The van der Waals surface area contributed by atoms with E-state index in [0.29, 0.717) is 30.5 Å². The molecule has 1 saturated carbocycles. The Bertz CT molecular complexity index is 611. The Morgan fingerprint density at radius 1 is 1.14 bits per heavy atom. The third kappa shape index (κ3) is 1.63. The molecule has 2 fully saturated rings. The van der Waals surface area contributed by atoms with Gasteiger partial charge < -0.3 is 19.3 Å². The third-order valence-corrected chi connectivity index (χ3v) is 5.62. The van der Waals surface area contributed by atoms with Crippen LogP contribution in [0, 0.1) is 23.7 Å². The molecule has 1 aromatic carbocycles. The van der Waals surface area contributed by atoms with Gasteiger partial charge in [0.2, 0.25) is 6.79 Å². The van der Waals surface area contributed by atoms with Crippen molar-refractivity contribution in [2.45, 2.75) is 18.6 Å². The quantitative estimate of drug-likeness (QED) is 0.842. The molecular formula is C17H18O4. The van der Waals surface area contributed by atoms with Crippen molar-refractivity contribution in [3.05, 3.63) is 35.9 Å². The van der Waals surface area contributed by atoms with Crippen molar-refractivity contribution in [3.63, 3.8) is 0 Å². The van der Waals surface area contributed by atoms with E-state index in [9.17, 15) is 5.11 Å². The van der Waals surface area contributed by atoms with E-state index in [4.69, 9.17) is 14.2 Å². The van der Waals surface area contributed by atoms with Gasteiger partial charge in [-0.2, -0.15) is 0 Å². The minimum Gasteiger partial charge on any atom is -0.454 e. The standard InChI is InChI=1S/C17H18O4/c18-13-3-2-10-11(12-7-19-17(13)16(10)12)5-9-1-4-14-15(6-9)21-8-20-14/h1-4,6,10-13,16-18H,5,7-8H2/t10-,11-,12+,13+,16-,17-/m1/s1.